The molecule has 4 aromatic rings. The number of rotatable bonds is 8. The van der Waals surface area contributed by atoms with Gasteiger partial charge in [0.1, 0.15) is 29.9 Å². The van der Waals surface area contributed by atoms with Gasteiger partial charge in [0.25, 0.3) is 5.91 Å². The van der Waals surface area contributed by atoms with Crippen molar-refractivity contribution in [1.29, 1.82) is 5.26 Å². The lowest BCUT2D eigenvalue weighted by Gasteiger charge is -2.21. The highest BCUT2D eigenvalue weighted by atomic mass is 35.5. The summed E-state index contributed by atoms with van der Waals surface area (Å²) in [6.07, 6.45) is 8.16. The van der Waals surface area contributed by atoms with Gasteiger partial charge >= 0.3 is 0 Å². The van der Waals surface area contributed by atoms with E-state index in [1.807, 2.05) is 0 Å². The van der Waals surface area contributed by atoms with Crippen molar-refractivity contribution in [3.8, 4) is 23.1 Å². The number of aliphatic hydroxyl groups is 1. The van der Waals surface area contributed by atoms with Crippen molar-refractivity contribution in [2.24, 2.45) is 17.8 Å². The predicted octanol–water partition coefficient (Wildman–Crippen LogP) is 2.97. The minimum Gasteiger partial charge on any atom is -0.489 e. The van der Waals surface area contributed by atoms with Crippen LogP contribution in [0.2, 0.25) is 5.02 Å². The molecule has 5 heterocycles. The summed E-state index contributed by atoms with van der Waals surface area (Å²) in [5, 5.41) is 27.3. The van der Waals surface area contributed by atoms with Crippen molar-refractivity contribution in [3.63, 3.8) is 0 Å². The normalized spacial score (nSPS) is 19.8. The van der Waals surface area contributed by atoms with Crippen LogP contribution >= 0.6 is 11.6 Å². The third-order valence-corrected chi connectivity index (χ3v) is 7.69. The zero-order chi connectivity index (χ0) is 28.0. The fourth-order valence-electron chi connectivity index (χ4n) is 5.32. The lowest BCUT2D eigenvalue weighted by molar-refractivity contribution is 0.0283. The molecule has 2 N–H and O–H groups in total. The van der Waals surface area contributed by atoms with Crippen LogP contribution in [0, 0.1) is 29.1 Å². The monoisotopic (exact) mass is 558 g/mol. The number of pyridine rings is 2. The largest absolute Gasteiger partial charge is 0.489 e. The van der Waals surface area contributed by atoms with Gasteiger partial charge in [0.15, 0.2) is 0 Å². The van der Waals surface area contributed by atoms with Crippen molar-refractivity contribution in [2.45, 2.75) is 19.4 Å². The fourth-order valence-corrected chi connectivity index (χ4v) is 5.53. The van der Waals surface area contributed by atoms with E-state index in [4.69, 9.17) is 16.3 Å². The standard InChI is InChI=1S/C28H27ClN8O3/c1-28(2,39)15-40-17-6-18(26-16(7-30)8-35-37(26)12-17)23-10-33-24(11-32-23)36-13-20-19(21(20)14-36)9-34-27(38)25-22(29)4-3-5-31-25/h3-6,8,10-12,19-21,39H,9,13-15H2,1-2H3,(H,34,38)/t19-,20-,21+. The van der Waals surface area contributed by atoms with Gasteiger partial charge in [0, 0.05) is 31.4 Å². The number of aromatic nitrogens is 5. The van der Waals surface area contributed by atoms with Crippen LogP contribution < -0.4 is 15.0 Å². The second-order valence-electron chi connectivity index (χ2n) is 10.9. The molecular formula is C28H27ClN8O3. The Kier molecular flexibility index (Phi) is 6.52. The highest BCUT2D eigenvalue weighted by Gasteiger charge is 2.55. The Labute approximate surface area is 235 Å². The fraction of sp³-hybridized carbons (Fsp3) is 0.357. The molecule has 6 rings (SSSR count). The summed E-state index contributed by atoms with van der Waals surface area (Å²) in [5.74, 6) is 2.39. The first-order valence-corrected chi connectivity index (χ1v) is 13.3. The van der Waals surface area contributed by atoms with Crippen molar-refractivity contribution in [3.05, 3.63) is 65.5 Å². The quantitative estimate of drug-likeness (QED) is 0.334. The molecule has 4 aromatic heterocycles. The molecular weight excluding hydrogens is 532 g/mol. The van der Waals surface area contributed by atoms with Crippen LogP contribution in [0.1, 0.15) is 29.9 Å². The Hall–Kier alpha value is -4.27. The first kappa shape index (κ1) is 26.0. The number of halogens is 1. The molecule has 40 heavy (non-hydrogen) atoms. The van der Waals surface area contributed by atoms with E-state index in [-0.39, 0.29) is 18.2 Å². The molecule has 2 aliphatic rings. The zero-order valence-electron chi connectivity index (χ0n) is 22.0. The molecule has 0 aromatic carbocycles. The second kappa shape index (κ2) is 10.0. The lowest BCUT2D eigenvalue weighted by Crippen LogP contribution is -2.31. The number of fused-ring (bicyclic) bond motifs is 2. The zero-order valence-corrected chi connectivity index (χ0v) is 22.7. The van der Waals surface area contributed by atoms with Gasteiger partial charge in [0.05, 0.1) is 52.2 Å². The minimum absolute atomic E-state index is 0.0911. The molecule has 11 nitrogen and oxygen atoms in total. The summed E-state index contributed by atoms with van der Waals surface area (Å²) >= 11 is 6.08. The van der Waals surface area contributed by atoms with E-state index in [9.17, 15) is 15.2 Å². The average Bonchev–Trinajstić information content (AvgIpc) is 3.25. The van der Waals surface area contributed by atoms with Gasteiger partial charge in [-0.25, -0.2) is 14.5 Å². The Morgan fingerprint density at radius 2 is 2.05 bits per heavy atom. The molecule has 12 heteroatoms. The molecule has 1 amide bonds. The van der Waals surface area contributed by atoms with Gasteiger partial charge in [0.2, 0.25) is 0 Å². The van der Waals surface area contributed by atoms with Gasteiger partial charge < -0.3 is 20.1 Å². The summed E-state index contributed by atoms with van der Waals surface area (Å²) in [4.78, 5) is 28.1. The maximum absolute atomic E-state index is 12.4. The molecule has 1 aliphatic heterocycles. The summed E-state index contributed by atoms with van der Waals surface area (Å²) < 4.78 is 7.38. The first-order valence-electron chi connectivity index (χ1n) is 12.9. The van der Waals surface area contributed by atoms with Crippen molar-refractivity contribution >= 4 is 28.8 Å². The van der Waals surface area contributed by atoms with Crippen LogP contribution in [0.5, 0.6) is 5.75 Å². The van der Waals surface area contributed by atoms with E-state index in [0.29, 0.717) is 57.4 Å². The summed E-state index contributed by atoms with van der Waals surface area (Å²) in [5.41, 5.74) is 1.51. The lowest BCUT2D eigenvalue weighted by atomic mass is 10.1. The van der Waals surface area contributed by atoms with E-state index in [2.05, 4.69) is 36.3 Å². The highest BCUT2D eigenvalue weighted by Crippen LogP contribution is 2.52. The number of piperidine rings is 1. The summed E-state index contributed by atoms with van der Waals surface area (Å²) in [6.45, 7) is 5.70. The topological polar surface area (TPSA) is 142 Å². The molecule has 1 aliphatic carbocycles. The Morgan fingerprint density at radius 3 is 2.73 bits per heavy atom. The van der Waals surface area contributed by atoms with Gasteiger partial charge in [-0.1, -0.05) is 11.6 Å². The average molecular weight is 559 g/mol. The maximum Gasteiger partial charge on any atom is 0.271 e. The molecule has 0 unspecified atom stereocenters. The van der Waals surface area contributed by atoms with Crippen molar-refractivity contribution in [2.75, 3.05) is 31.1 Å². The van der Waals surface area contributed by atoms with Crippen LogP contribution in [-0.4, -0.2) is 67.4 Å². The molecule has 0 bridgehead atoms. The number of carbonyl (C=O) groups is 1. The van der Waals surface area contributed by atoms with E-state index in [1.54, 1.807) is 61.3 Å². The van der Waals surface area contributed by atoms with Crippen LogP contribution in [0.3, 0.4) is 0 Å². The van der Waals surface area contributed by atoms with E-state index >= 15 is 0 Å². The summed E-state index contributed by atoms with van der Waals surface area (Å²) in [7, 11) is 0. The second-order valence-corrected chi connectivity index (χ2v) is 11.3. The maximum atomic E-state index is 12.4. The Bertz CT molecular complexity index is 1610. The van der Waals surface area contributed by atoms with Crippen LogP contribution in [-0.2, 0) is 0 Å². The molecule has 0 radical (unpaired) electrons. The van der Waals surface area contributed by atoms with Gasteiger partial charge in [-0.2, -0.15) is 10.4 Å². The number of nitrogens with one attached hydrogen (secondary N) is 1. The number of nitriles is 1. The van der Waals surface area contributed by atoms with Gasteiger partial charge in [-0.15, -0.1) is 0 Å². The third-order valence-electron chi connectivity index (χ3n) is 7.38. The number of hydrogen-bond donors (Lipinski definition) is 2. The molecule has 1 saturated heterocycles. The number of ether oxygens (including phenoxy) is 1. The van der Waals surface area contributed by atoms with Gasteiger partial charge in [-0.05, 0) is 49.8 Å². The van der Waals surface area contributed by atoms with Crippen LogP contribution in [0.4, 0.5) is 5.82 Å². The van der Waals surface area contributed by atoms with E-state index in [1.165, 1.54) is 6.20 Å². The van der Waals surface area contributed by atoms with E-state index in [0.717, 1.165) is 18.9 Å². The van der Waals surface area contributed by atoms with E-state index < -0.39 is 5.60 Å². The van der Waals surface area contributed by atoms with Crippen molar-refractivity contribution in [1.82, 2.24) is 29.9 Å². The minimum atomic E-state index is -1.01. The molecule has 204 valence electrons. The van der Waals surface area contributed by atoms with Gasteiger partial charge in [-0.3, -0.25) is 9.78 Å². The molecule has 1 saturated carbocycles. The van der Waals surface area contributed by atoms with Crippen LogP contribution in [0.15, 0.2) is 49.2 Å². The predicted molar refractivity (Wildman–Crippen MR) is 147 cm³/mol. The number of amides is 1. The number of hydrogen-bond acceptors (Lipinski definition) is 9. The number of anilines is 1. The smallest absolute Gasteiger partial charge is 0.271 e. The Morgan fingerprint density at radius 1 is 1.25 bits per heavy atom. The first-order chi connectivity index (χ1) is 19.2. The summed E-state index contributed by atoms with van der Waals surface area (Å²) in [6, 6.07) is 7.32. The molecule has 0 spiro atoms. The van der Waals surface area contributed by atoms with Crippen molar-refractivity contribution < 1.29 is 14.6 Å². The van der Waals surface area contributed by atoms with Crippen LogP contribution in [0.25, 0.3) is 16.8 Å². The number of nitrogens with zero attached hydrogens (tertiary/aromatic N) is 7. The SMILES string of the molecule is CC(C)(O)COc1cc(-c2cnc(N3C[C@@H]4[C@@H](CNC(=O)c5ncccc5Cl)[C@@H]4C3)cn2)c2c(C#N)cnn2c1. The highest BCUT2D eigenvalue weighted by molar-refractivity contribution is 6.33. The third kappa shape index (κ3) is 5.03. The molecule has 2 fully saturated rings. The molecule has 3 atom stereocenters. The number of carbonyl (C=O) groups excluding carboxylic acids is 1. The Balaban J connectivity index is 1.13.